The number of para-hydroxylation sites is 2. The molecule has 0 bridgehead atoms. The first kappa shape index (κ1) is 19.5. The highest BCUT2D eigenvalue weighted by atomic mass is 35.5. The second kappa shape index (κ2) is 7.57. The summed E-state index contributed by atoms with van der Waals surface area (Å²) in [7, 11) is 0. The van der Waals surface area contributed by atoms with E-state index < -0.39 is 11.5 Å². The number of nitrogens with zero attached hydrogens (tertiary/aromatic N) is 2. The van der Waals surface area contributed by atoms with Crippen LogP contribution in [0, 0.1) is 17.7 Å². The largest absolute Gasteiger partial charge is 0.329 e. The highest BCUT2D eigenvalue weighted by Gasteiger charge is 2.47. The number of amides is 1. The number of rotatable bonds is 2. The molecule has 2 fully saturated rings. The number of nitrogens with one attached hydrogen (secondary N) is 2. The maximum atomic E-state index is 13.9. The van der Waals surface area contributed by atoms with E-state index in [4.69, 9.17) is 0 Å². The van der Waals surface area contributed by atoms with Crippen LogP contribution in [0.25, 0.3) is 11.0 Å². The zero-order valence-corrected chi connectivity index (χ0v) is 16.3. The van der Waals surface area contributed by atoms with Crippen LogP contribution in [0.2, 0.25) is 0 Å². The van der Waals surface area contributed by atoms with Crippen LogP contribution in [0.15, 0.2) is 53.3 Å². The van der Waals surface area contributed by atoms with Crippen LogP contribution in [-0.4, -0.2) is 40.4 Å². The van der Waals surface area contributed by atoms with E-state index in [1.807, 2.05) is 12.1 Å². The van der Waals surface area contributed by atoms with Gasteiger partial charge in [-0.1, -0.05) is 24.3 Å². The number of carbonyl (C=O) groups is 1. The molecule has 3 aromatic rings. The van der Waals surface area contributed by atoms with Gasteiger partial charge in [-0.05, 0) is 35.7 Å². The number of hydrogen-bond acceptors (Lipinski definition) is 4. The van der Waals surface area contributed by atoms with Gasteiger partial charge in [0.2, 0.25) is 0 Å². The molecule has 0 unspecified atom stereocenters. The number of aromatic nitrogens is 2. The van der Waals surface area contributed by atoms with E-state index in [0.29, 0.717) is 17.6 Å². The van der Waals surface area contributed by atoms with Gasteiger partial charge in [-0.2, -0.15) is 0 Å². The highest BCUT2D eigenvalue weighted by Crippen LogP contribution is 2.43. The SMILES string of the molecule is Cl.O=C(c1nc2ccccc2[nH]c1=O)N1C[C@@H]2CNC[C@@H]2[C@@H]1c1cccc(F)c1. The second-order valence-corrected chi connectivity index (χ2v) is 7.47. The molecule has 2 N–H and O–H groups in total. The third-order valence-corrected chi connectivity index (χ3v) is 5.82. The van der Waals surface area contributed by atoms with Gasteiger partial charge in [0.05, 0.1) is 17.1 Å². The molecule has 0 aliphatic carbocycles. The summed E-state index contributed by atoms with van der Waals surface area (Å²) in [5.74, 6) is -0.279. The van der Waals surface area contributed by atoms with Crippen molar-refractivity contribution in [2.45, 2.75) is 6.04 Å². The van der Waals surface area contributed by atoms with Gasteiger partial charge >= 0.3 is 0 Å². The molecule has 0 saturated carbocycles. The Morgan fingerprint density at radius 1 is 1.14 bits per heavy atom. The zero-order valence-electron chi connectivity index (χ0n) is 15.5. The monoisotopic (exact) mass is 414 g/mol. The molecule has 1 amide bonds. The standard InChI is InChI=1S/C21H19FN4O2.ClH/c22-14-5-3-4-12(8-14)19-15-10-23-9-13(15)11-26(19)21(28)18-20(27)25-17-7-2-1-6-16(17)24-18;/h1-8,13,15,19,23H,9-11H2,(H,25,27);1H/t13-,15-,19-;/m0./s1. The maximum Gasteiger partial charge on any atom is 0.280 e. The molecular weight excluding hydrogens is 395 g/mol. The number of carbonyl (C=O) groups excluding carboxylic acids is 1. The predicted molar refractivity (Wildman–Crippen MR) is 110 cm³/mol. The Bertz CT molecular complexity index is 1130. The van der Waals surface area contributed by atoms with Crippen LogP contribution in [0.1, 0.15) is 22.1 Å². The van der Waals surface area contributed by atoms with Gasteiger partial charge in [0.15, 0.2) is 5.69 Å². The van der Waals surface area contributed by atoms with Gasteiger partial charge in [0.25, 0.3) is 11.5 Å². The van der Waals surface area contributed by atoms with Crippen LogP contribution < -0.4 is 10.9 Å². The minimum absolute atomic E-state index is 0. The van der Waals surface area contributed by atoms with E-state index in [9.17, 15) is 14.0 Å². The first-order valence-corrected chi connectivity index (χ1v) is 9.38. The molecule has 6 nitrogen and oxygen atoms in total. The van der Waals surface area contributed by atoms with Crippen molar-refractivity contribution in [2.75, 3.05) is 19.6 Å². The number of likely N-dealkylation sites (tertiary alicyclic amines) is 1. The van der Waals surface area contributed by atoms with Gasteiger partial charge in [0, 0.05) is 25.6 Å². The summed E-state index contributed by atoms with van der Waals surface area (Å²) < 4.78 is 13.9. The molecule has 0 spiro atoms. The van der Waals surface area contributed by atoms with Crippen molar-refractivity contribution in [2.24, 2.45) is 11.8 Å². The molecule has 3 atom stereocenters. The number of fused-ring (bicyclic) bond motifs is 2. The van der Waals surface area contributed by atoms with Gasteiger partial charge in [-0.25, -0.2) is 9.37 Å². The summed E-state index contributed by atoms with van der Waals surface area (Å²) in [6.07, 6.45) is 0. The molecule has 2 aliphatic rings. The van der Waals surface area contributed by atoms with Crippen molar-refractivity contribution in [3.8, 4) is 0 Å². The fraction of sp³-hybridized carbons (Fsp3) is 0.286. The second-order valence-electron chi connectivity index (χ2n) is 7.47. The lowest BCUT2D eigenvalue weighted by Crippen LogP contribution is -2.38. The molecule has 2 aliphatic heterocycles. The predicted octanol–water partition coefficient (Wildman–Crippen LogP) is 2.52. The first-order valence-electron chi connectivity index (χ1n) is 9.38. The maximum absolute atomic E-state index is 13.9. The average Bonchev–Trinajstić information content (AvgIpc) is 3.28. The summed E-state index contributed by atoms with van der Waals surface area (Å²) in [6, 6.07) is 13.2. The van der Waals surface area contributed by atoms with Crippen LogP contribution >= 0.6 is 12.4 Å². The zero-order chi connectivity index (χ0) is 19.3. The van der Waals surface area contributed by atoms with Crippen molar-refractivity contribution in [1.82, 2.24) is 20.2 Å². The summed E-state index contributed by atoms with van der Waals surface area (Å²) in [5, 5.41) is 3.36. The molecule has 29 heavy (non-hydrogen) atoms. The lowest BCUT2D eigenvalue weighted by Gasteiger charge is -2.28. The van der Waals surface area contributed by atoms with Crippen molar-refractivity contribution >= 4 is 29.3 Å². The summed E-state index contributed by atoms with van der Waals surface area (Å²) in [4.78, 5) is 34.6. The molecule has 0 radical (unpaired) electrons. The normalized spacial score (nSPS) is 23.1. The number of halogens is 2. The third kappa shape index (κ3) is 3.30. The Morgan fingerprint density at radius 3 is 2.79 bits per heavy atom. The van der Waals surface area contributed by atoms with Crippen LogP contribution in [0.5, 0.6) is 0 Å². The van der Waals surface area contributed by atoms with Gasteiger partial charge < -0.3 is 15.2 Å². The Labute approximate surface area is 172 Å². The van der Waals surface area contributed by atoms with Crippen LogP contribution in [0.4, 0.5) is 4.39 Å². The summed E-state index contributed by atoms with van der Waals surface area (Å²) in [6.45, 7) is 2.09. The lowest BCUT2D eigenvalue weighted by atomic mass is 9.89. The van der Waals surface area contributed by atoms with Crippen molar-refractivity contribution in [3.05, 3.63) is 76.0 Å². The number of H-pyrrole nitrogens is 1. The lowest BCUT2D eigenvalue weighted by molar-refractivity contribution is 0.0706. The molecule has 2 saturated heterocycles. The Morgan fingerprint density at radius 2 is 1.97 bits per heavy atom. The summed E-state index contributed by atoms with van der Waals surface area (Å²) in [5.41, 5.74) is 1.29. The number of aromatic amines is 1. The Kier molecular flexibility index (Phi) is 5.10. The topological polar surface area (TPSA) is 78.1 Å². The van der Waals surface area contributed by atoms with Gasteiger partial charge in [0.1, 0.15) is 5.82 Å². The molecule has 3 heterocycles. The molecule has 1 aromatic heterocycles. The number of hydrogen-bond donors (Lipinski definition) is 2. The quantitative estimate of drug-likeness (QED) is 0.675. The van der Waals surface area contributed by atoms with Gasteiger partial charge in [-0.3, -0.25) is 9.59 Å². The van der Waals surface area contributed by atoms with Crippen LogP contribution in [-0.2, 0) is 0 Å². The summed E-state index contributed by atoms with van der Waals surface area (Å²) >= 11 is 0. The molecule has 2 aromatic carbocycles. The van der Waals surface area contributed by atoms with E-state index in [0.717, 1.165) is 18.7 Å². The first-order chi connectivity index (χ1) is 13.6. The Balaban J connectivity index is 0.00000205. The smallest absolute Gasteiger partial charge is 0.280 e. The van der Waals surface area contributed by atoms with E-state index >= 15 is 0 Å². The average molecular weight is 415 g/mol. The molecule has 150 valence electrons. The van der Waals surface area contributed by atoms with Crippen molar-refractivity contribution in [3.63, 3.8) is 0 Å². The van der Waals surface area contributed by atoms with E-state index in [1.54, 1.807) is 29.2 Å². The highest BCUT2D eigenvalue weighted by molar-refractivity contribution is 5.94. The molecule has 8 heteroatoms. The van der Waals surface area contributed by atoms with Crippen molar-refractivity contribution < 1.29 is 9.18 Å². The fourth-order valence-corrected chi connectivity index (χ4v) is 4.56. The third-order valence-electron chi connectivity index (χ3n) is 5.82. The van der Waals surface area contributed by atoms with Gasteiger partial charge in [-0.15, -0.1) is 12.4 Å². The van der Waals surface area contributed by atoms with E-state index in [2.05, 4.69) is 15.3 Å². The Hall–Kier alpha value is -2.77. The van der Waals surface area contributed by atoms with E-state index in [-0.39, 0.29) is 41.8 Å². The van der Waals surface area contributed by atoms with E-state index in [1.165, 1.54) is 12.1 Å². The fourth-order valence-electron chi connectivity index (χ4n) is 4.56. The molecular formula is C21H20ClFN4O2. The minimum Gasteiger partial charge on any atom is -0.329 e. The van der Waals surface area contributed by atoms with Crippen LogP contribution in [0.3, 0.4) is 0 Å². The number of benzene rings is 2. The van der Waals surface area contributed by atoms with Crippen molar-refractivity contribution in [1.29, 1.82) is 0 Å². The molecule has 5 rings (SSSR count). The minimum atomic E-state index is -0.503.